The first kappa shape index (κ1) is 13.1. The van der Waals surface area contributed by atoms with E-state index in [1.54, 1.807) is 17.0 Å². The number of hydrogen-bond acceptors (Lipinski definition) is 5. The quantitative estimate of drug-likeness (QED) is 0.859. The number of aromatic nitrogens is 3. The van der Waals surface area contributed by atoms with Crippen LogP contribution in [0.2, 0.25) is 0 Å². The zero-order valence-electron chi connectivity index (χ0n) is 10.2. The van der Waals surface area contributed by atoms with Crippen LogP contribution in [-0.2, 0) is 4.79 Å². The van der Waals surface area contributed by atoms with E-state index in [1.165, 1.54) is 18.7 Å². The van der Waals surface area contributed by atoms with Gasteiger partial charge in [0.15, 0.2) is 5.16 Å². The highest BCUT2D eigenvalue weighted by molar-refractivity contribution is 7.99. The summed E-state index contributed by atoms with van der Waals surface area (Å²) in [6, 6.07) is 9.38. The van der Waals surface area contributed by atoms with Gasteiger partial charge in [0, 0.05) is 12.6 Å². The van der Waals surface area contributed by atoms with Gasteiger partial charge in [-0.15, -0.1) is 10.2 Å². The summed E-state index contributed by atoms with van der Waals surface area (Å²) >= 11 is 1.31. The minimum absolute atomic E-state index is 0.125. The zero-order chi connectivity index (χ0) is 13.7. The third-order valence-corrected chi connectivity index (χ3v) is 3.04. The van der Waals surface area contributed by atoms with Crippen molar-refractivity contribution < 1.29 is 4.79 Å². The highest BCUT2D eigenvalue weighted by Crippen LogP contribution is 2.21. The molecular formula is C12H11N5OS. The van der Waals surface area contributed by atoms with Crippen LogP contribution in [0.4, 0.5) is 5.69 Å². The Morgan fingerprint density at radius 3 is 3.16 bits per heavy atom. The van der Waals surface area contributed by atoms with Crippen LogP contribution in [0.1, 0.15) is 6.92 Å². The van der Waals surface area contributed by atoms with Gasteiger partial charge in [0.1, 0.15) is 6.33 Å². The van der Waals surface area contributed by atoms with Crippen molar-refractivity contribution in [2.45, 2.75) is 12.1 Å². The van der Waals surface area contributed by atoms with Crippen LogP contribution in [0.5, 0.6) is 0 Å². The molecule has 0 aliphatic rings. The van der Waals surface area contributed by atoms with E-state index in [1.807, 2.05) is 24.3 Å². The standard InChI is InChI=1S/C12H11N5OS/c1-9(18)15-10-3-2-4-11(7-10)17-8-14-16-12(17)19-6-5-13/h2-4,7-8H,6H2,1H3,(H,15,18). The molecule has 0 atom stereocenters. The summed E-state index contributed by atoms with van der Waals surface area (Å²) in [5, 5.41) is 19.7. The molecule has 0 aliphatic heterocycles. The van der Waals surface area contributed by atoms with Gasteiger partial charge in [-0.05, 0) is 18.2 Å². The van der Waals surface area contributed by atoms with Crippen molar-refractivity contribution in [1.29, 1.82) is 5.26 Å². The summed E-state index contributed by atoms with van der Waals surface area (Å²) in [4.78, 5) is 11.0. The fraction of sp³-hybridized carbons (Fsp3) is 0.167. The second-order valence-corrected chi connectivity index (χ2v) is 4.60. The van der Waals surface area contributed by atoms with Crippen molar-refractivity contribution in [2.24, 2.45) is 0 Å². The molecule has 1 aromatic heterocycles. The Morgan fingerprint density at radius 1 is 1.58 bits per heavy atom. The number of carbonyl (C=O) groups excluding carboxylic acids is 1. The van der Waals surface area contributed by atoms with Crippen LogP contribution in [-0.4, -0.2) is 26.4 Å². The van der Waals surface area contributed by atoms with E-state index in [4.69, 9.17) is 5.26 Å². The SMILES string of the molecule is CC(=O)Nc1cccc(-n2cnnc2SCC#N)c1. The molecule has 0 saturated carbocycles. The second kappa shape index (κ2) is 6.02. The Labute approximate surface area is 114 Å². The van der Waals surface area contributed by atoms with Crippen LogP contribution in [0, 0.1) is 11.3 Å². The molecule has 0 aliphatic carbocycles. The fourth-order valence-corrected chi connectivity index (χ4v) is 2.12. The molecule has 0 saturated heterocycles. The number of nitrogens with zero attached hydrogens (tertiary/aromatic N) is 4. The van der Waals surface area contributed by atoms with E-state index < -0.39 is 0 Å². The van der Waals surface area contributed by atoms with Crippen LogP contribution in [0.3, 0.4) is 0 Å². The molecule has 1 amide bonds. The molecule has 0 spiro atoms. The maximum atomic E-state index is 11.0. The van der Waals surface area contributed by atoms with Gasteiger partial charge < -0.3 is 5.32 Å². The summed E-state index contributed by atoms with van der Waals surface area (Å²) in [6.45, 7) is 1.46. The van der Waals surface area contributed by atoms with Crippen LogP contribution >= 0.6 is 11.8 Å². The third-order valence-electron chi connectivity index (χ3n) is 2.23. The molecule has 7 heteroatoms. The molecule has 0 radical (unpaired) electrons. The molecule has 0 bridgehead atoms. The van der Waals surface area contributed by atoms with Gasteiger partial charge in [-0.3, -0.25) is 9.36 Å². The number of anilines is 1. The maximum Gasteiger partial charge on any atom is 0.221 e. The summed E-state index contributed by atoms with van der Waals surface area (Å²) in [5.74, 6) is 0.185. The summed E-state index contributed by atoms with van der Waals surface area (Å²) in [5.41, 5.74) is 1.53. The lowest BCUT2D eigenvalue weighted by Gasteiger charge is -2.07. The first-order valence-electron chi connectivity index (χ1n) is 5.48. The van der Waals surface area contributed by atoms with Crippen molar-refractivity contribution in [2.75, 3.05) is 11.1 Å². The lowest BCUT2D eigenvalue weighted by Crippen LogP contribution is -2.06. The number of hydrogen-bond donors (Lipinski definition) is 1. The van der Waals surface area contributed by atoms with E-state index in [9.17, 15) is 4.79 Å². The lowest BCUT2D eigenvalue weighted by atomic mass is 10.2. The molecular weight excluding hydrogens is 262 g/mol. The Kier molecular flexibility index (Phi) is 4.15. The Bertz CT molecular complexity index is 631. The third kappa shape index (κ3) is 3.33. The Hall–Kier alpha value is -2.33. The van der Waals surface area contributed by atoms with Crippen molar-refractivity contribution in [3.63, 3.8) is 0 Å². The first-order valence-corrected chi connectivity index (χ1v) is 6.47. The molecule has 2 rings (SSSR count). The predicted molar refractivity (Wildman–Crippen MR) is 72.0 cm³/mol. The molecule has 19 heavy (non-hydrogen) atoms. The lowest BCUT2D eigenvalue weighted by molar-refractivity contribution is -0.114. The van der Waals surface area contributed by atoms with Gasteiger partial charge >= 0.3 is 0 Å². The summed E-state index contributed by atoms with van der Waals surface area (Å²) in [6.07, 6.45) is 1.58. The van der Waals surface area contributed by atoms with Crippen LogP contribution < -0.4 is 5.32 Å². The molecule has 0 unspecified atom stereocenters. The van der Waals surface area contributed by atoms with Crippen LogP contribution in [0.25, 0.3) is 5.69 Å². The minimum atomic E-state index is -0.125. The molecule has 96 valence electrons. The topological polar surface area (TPSA) is 83.6 Å². The second-order valence-electron chi connectivity index (χ2n) is 3.66. The van der Waals surface area contributed by atoms with Gasteiger partial charge in [0.05, 0.1) is 17.5 Å². The molecule has 6 nitrogen and oxygen atoms in total. The van der Waals surface area contributed by atoms with Gasteiger partial charge in [-0.1, -0.05) is 17.8 Å². The van der Waals surface area contributed by atoms with E-state index in [0.717, 1.165) is 5.69 Å². The van der Waals surface area contributed by atoms with Gasteiger partial charge in [0.25, 0.3) is 0 Å². The van der Waals surface area contributed by atoms with Gasteiger partial charge in [-0.25, -0.2) is 0 Å². The van der Waals surface area contributed by atoms with Gasteiger partial charge in [-0.2, -0.15) is 5.26 Å². The Morgan fingerprint density at radius 2 is 2.42 bits per heavy atom. The molecule has 1 aromatic carbocycles. The normalized spacial score (nSPS) is 9.89. The predicted octanol–water partition coefficient (Wildman–Crippen LogP) is 1.84. The van der Waals surface area contributed by atoms with E-state index in [0.29, 0.717) is 16.6 Å². The number of nitriles is 1. The minimum Gasteiger partial charge on any atom is -0.326 e. The van der Waals surface area contributed by atoms with E-state index in [2.05, 4.69) is 15.5 Å². The molecule has 2 aromatic rings. The number of nitrogens with one attached hydrogen (secondary N) is 1. The maximum absolute atomic E-state index is 11.0. The van der Waals surface area contributed by atoms with Gasteiger partial charge in [0.2, 0.25) is 5.91 Å². The van der Waals surface area contributed by atoms with Crippen molar-refractivity contribution in [3.8, 4) is 11.8 Å². The Balaban J connectivity index is 2.29. The average molecular weight is 273 g/mol. The zero-order valence-corrected chi connectivity index (χ0v) is 11.0. The molecule has 1 N–H and O–H groups in total. The fourth-order valence-electron chi connectivity index (χ4n) is 1.53. The van der Waals surface area contributed by atoms with Crippen molar-refractivity contribution in [3.05, 3.63) is 30.6 Å². The largest absolute Gasteiger partial charge is 0.326 e. The number of thioether (sulfide) groups is 1. The summed E-state index contributed by atoms with van der Waals surface area (Å²) in [7, 11) is 0. The monoisotopic (exact) mass is 273 g/mol. The van der Waals surface area contributed by atoms with E-state index >= 15 is 0 Å². The molecule has 1 heterocycles. The van der Waals surface area contributed by atoms with Crippen molar-refractivity contribution in [1.82, 2.24) is 14.8 Å². The number of carbonyl (C=O) groups is 1. The number of amides is 1. The highest BCUT2D eigenvalue weighted by atomic mass is 32.2. The first-order chi connectivity index (χ1) is 9.20. The number of rotatable bonds is 4. The summed E-state index contributed by atoms with van der Waals surface area (Å²) < 4.78 is 1.77. The smallest absolute Gasteiger partial charge is 0.221 e. The molecule has 0 fully saturated rings. The average Bonchev–Trinajstić information content (AvgIpc) is 2.84. The highest BCUT2D eigenvalue weighted by Gasteiger charge is 2.07. The van der Waals surface area contributed by atoms with Crippen LogP contribution in [0.15, 0.2) is 35.7 Å². The van der Waals surface area contributed by atoms with E-state index in [-0.39, 0.29) is 5.91 Å². The van der Waals surface area contributed by atoms with Crippen molar-refractivity contribution >= 4 is 23.4 Å². The number of benzene rings is 1.